The monoisotopic (exact) mass is 185 g/mol. The van der Waals surface area contributed by atoms with Crippen LogP contribution in [0.1, 0.15) is 41.0 Å². The Labute approximate surface area is 81.9 Å². The van der Waals surface area contributed by atoms with Gasteiger partial charge < -0.3 is 5.11 Å². The minimum Gasteiger partial charge on any atom is -0.390 e. The Morgan fingerprint density at radius 3 is 1.92 bits per heavy atom. The van der Waals surface area contributed by atoms with Gasteiger partial charge in [0.1, 0.15) is 0 Å². The highest BCUT2D eigenvalue weighted by atomic mass is 16.3. The van der Waals surface area contributed by atoms with Crippen LogP contribution >= 0.6 is 0 Å². The van der Waals surface area contributed by atoms with E-state index in [9.17, 15) is 5.11 Å². The molecule has 1 atom stereocenters. The largest absolute Gasteiger partial charge is 0.390 e. The molecule has 1 unspecified atom stereocenters. The number of hydrogen-bond acceptors (Lipinski definition) is 2. The molecule has 1 N–H and O–H groups in total. The molecular weight excluding hydrogens is 162 g/mol. The SMILES string of the molecule is CC(C)(O)C1CCN(C(C)(C)C)C1. The number of hydrogen-bond donors (Lipinski definition) is 1. The molecule has 1 aliphatic heterocycles. The molecular formula is C11H23NO. The van der Waals surface area contributed by atoms with E-state index in [1.807, 2.05) is 13.8 Å². The molecule has 1 saturated heterocycles. The summed E-state index contributed by atoms with van der Waals surface area (Å²) < 4.78 is 0. The van der Waals surface area contributed by atoms with Gasteiger partial charge in [0.05, 0.1) is 5.60 Å². The summed E-state index contributed by atoms with van der Waals surface area (Å²) in [5.41, 5.74) is -0.264. The molecule has 0 aromatic heterocycles. The lowest BCUT2D eigenvalue weighted by Gasteiger charge is -2.33. The van der Waals surface area contributed by atoms with Crippen LogP contribution in [0.15, 0.2) is 0 Å². The fourth-order valence-corrected chi connectivity index (χ4v) is 1.95. The van der Waals surface area contributed by atoms with Crippen molar-refractivity contribution in [3.05, 3.63) is 0 Å². The van der Waals surface area contributed by atoms with E-state index in [0.717, 1.165) is 19.5 Å². The van der Waals surface area contributed by atoms with E-state index in [0.29, 0.717) is 5.92 Å². The van der Waals surface area contributed by atoms with Crippen molar-refractivity contribution in [2.75, 3.05) is 13.1 Å². The van der Waals surface area contributed by atoms with Crippen LogP contribution in [0.4, 0.5) is 0 Å². The topological polar surface area (TPSA) is 23.5 Å². The van der Waals surface area contributed by atoms with Crippen LogP contribution in [0.5, 0.6) is 0 Å². The van der Waals surface area contributed by atoms with Gasteiger partial charge in [0.25, 0.3) is 0 Å². The quantitative estimate of drug-likeness (QED) is 0.674. The molecule has 13 heavy (non-hydrogen) atoms. The zero-order chi connectivity index (χ0) is 10.3. The van der Waals surface area contributed by atoms with Gasteiger partial charge in [0, 0.05) is 18.0 Å². The van der Waals surface area contributed by atoms with Gasteiger partial charge in [-0.2, -0.15) is 0 Å². The summed E-state index contributed by atoms with van der Waals surface area (Å²) >= 11 is 0. The normalized spacial score (nSPS) is 26.8. The van der Waals surface area contributed by atoms with E-state index in [1.54, 1.807) is 0 Å². The second-order valence-corrected chi connectivity index (χ2v) is 5.76. The minimum atomic E-state index is -0.514. The second-order valence-electron chi connectivity index (χ2n) is 5.76. The number of likely N-dealkylation sites (tertiary alicyclic amines) is 1. The van der Waals surface area contributed by atoms with Crippen LogP contribution < -0.4 is 0 Å². The van der Waals surface area contributed by atoms with E-state index in [4.69, 9.17) is 0 Å². The van der Waals surface area contributed by atoms with E-state index in [1.165, 1.54) is 0 Å². The minimum absolute atomic E-state index is 0.250. The Balaban J connectivity index is 2.55. The van der Waals surface area contributed by atoms with Gasteiger partial charge in [-0.05, 0) is 47.6 Å². The van der Waals surface area contributed by atoms with Crippen LogP contribution in [0.3, 0.4) is 0 Å². The molecule has 1 aliphatic rings. The van der Waals surface area contributed by atoms with Crippen LogP contribution in [0.25, 0.3) is 0 Å². The lowest BCUT2D eigenvalue weighted by molar-refractivity contribution is 0.0165. The Bertz CT molecular complexity index is 156. The zero-order valence-electron chi connectivity index (χ0n) is 9.59. The molecule has 1 fully saturated rings. The molecule has 0 aromatic carbocycles. The number of aliphatic hydroxyl groups is 1. The van der Waals surface area contributed by atoms with Crippen molar-refractivity contribution in [2.24, 2.45) is 5.92 Å². The van der Waals surface area contributed by atoms with Crippen molar-refractivity contribution in [3.8, 4) is 0 Å². The average Bonchev–Trinajstić information content (AvgIpc) is 2.28. The van der Waals surface area contributed by atoms with E-state index < -0.39 is 5.60 Å². The first kappa shape index (κ1) is 11.0. The maximum Gasteiger partial charge on any atom is 0.0632 e. The third-order valence-electron chi connectivity index (χ3n) is 3.14. The van der Waals surface area contributed by atoms with Gasteiger partial charge in [-0.3, -0.25) is 4.90 Å². The van der Waals surface area contributed by atoms with E-state index in [2.05, 4.69) is 25.7 Å². The maximum absolute atomic E-state index is 9.87. The van der Waals surface area contributed by atoms with Crippen molar-refractivity contribution in [3.63, 3.8) is 0 Å². The lowest BCUT2D eigenvalue weighted by Crippen LogP contribution is -2.41. The highest BCUT2D eigenvalue weighted by Gasteiger charge is 2.37. The third-order valence-corrected chi connectivity index (χ3v) is 3.14. The third kappa shape index (κ3) is 2.68. The molecule has 2 nitrogen and oxygen atoms in total. The predicted molar refractivity (Wildman–Crippen MR) is 55.7 cm³/mol. The Morgan fingerprint density at radius 1 is 1.15 bits per heavy atom. The average molecular weight is 185 g/mol. The Hall–Kier alpha value is -0.0800. The molecule has 2 heteroatoms. The van der Waals surface area contributed by atoms with Gasteiger partial charge in [-0.25, -0.2) is 0 Å². The molecule has 0 radical (unpaired) electrons. The fourth-order valence-electron chi connectivity index (χ4n) is 1.95. The van der Waals surface area contributed by atoms with Crippen molar-refractivity contribution < 1.29 is 5.11 Å². The summed E-state index contributed by atoms with van der Waals surface area (Å²) in [6.45, 7) is 12.7. The lowest BCUT2D eigenvalue weighted by atomic mass is 9.90. The van der Waals surface area contributed by atoms with Crippen LogP contribution in [-0.2, 0) is 0 Å². The highest BCUT2D eigenvalue weighted by molar-refractivity contribution is 4.90. The highest BCUT2D eigenvalue weighted by Crippen LogP contribution is 2.30. The first-order valence-electron chi connectivity index (χ1n) is 5.18. The first-order chi connectivity index (χ1) is 5.71. The zero-order valence-corrected chi connectivity index (χ0v) is 9.59. The summed E-state index contributed by atoms with van der Waals surface area (Å²) in [5.74, 6) is 0.437. The molecule has 0 aromatic rings. The maximum atomic E-state index is 9.87. The van der Waals surface area contributed by atoms with Gasteiger partial charge in [0.15, 0.2) is 0 Å². The summed E-state index contributed by atoms with van der Waals surface area (Å²) in [7, 11) is 0. The summed E-state index contributed by atoms with van der Waals surface area (Å²) in [5, 5.41) is 9.87. The molecule has 0 aliphatic carbocycles. The standard InChI is InChI=1S/C11H23NO/c1-10(2,3)12-7-6-9(8-12)11(4,5)13/h9,13H,6-8H2,1-5H3. The molecule has 1 rings (SSSR count). The number of nitrogens with zero attached hydrogens (tertiary/aromatic N) is 1. The summed E-state index contributed by atoms with van der Waals surface area (Å²) in [6.07, 6.45) is 1.13. The molecule has 78 valence electrons. The first-order valence-corrected chi connectivity index (χ1v) is 5.18. The van der Waals surface area contributed by atoms with Gasteiger partial charge in [0.2, 0.25) is 0 Å². The van der Waals surface area contributed by atoms with Crippen molar-refractivity contribution >= 4 is 0 Å². The van der Waals surface area contributed by atoms with Crippen LogP contribution in [0, 0.1) is 5.92 Å². The van der Waals surface area contributed by atoms with E-state index >= 15 is 0 Å². The van der Waals surface area contributed by atoms with Crippen LogP contribution in [0.2, 0.25) is 0 Å². The van der Waals surface area contributed by atoms with Crippen molar-refractivity contribution in [1.82, 2.24) is 4.90 Å². The van der Waals surface area contributed by atoms with Gasteiger partial charge in [-0.1, -0.05) is 0 Å². The van der Waals surface area contributed by atoms with Crippen LogP contribution in [-0.4, -0.2) is 34.2 Å². The molecule has 1 heterocycles. The summed E-state index contributed by atoms with van der Waals surface area (Å²) in [4.78, 5) is 2.45. The number of rotatable bonds is 1. The molecule has 0 saturated carbocycles. The molecule has 0 spiro atoms. The predicted octanol–water partition coefficient (Wildman–Crippen LogP) is 1.88. The molecule has 0 amide bonds. The van der Waals surface area contributed by atoms with Crippen molar-refractivity contribution in [2.45, 2.75) is 52.2 Å². The second kappa shape index (κ2) is 3.25. The molecule has 0 bridgehead atoms. The van der Waals surface area contributed by atoms with Crippen molar-refractivity contribution in [1.29, 1.82) is 0 Å². The summed E-state index contributed by atoms with van der Waals surface area (Å²) in [6, 6.07) is 0. The van der Waals surface area contributed by atoms with Gasteiger partial charge in [-0.15, -0.1) is 0 Å². The van der Waals surface area contributed by atoms with Gasteiger partial charge >= 0.3 is 0 Å². The smallest absolute Gasteiger partial charge is 0.0632 e. The fraction of sp³-hybridized carbons (Fsp3) is 1.00. The van der Waals surface area contributed by atoms with E-state index in [-0.39, 0.29) is 5.54 Å². The Kier molecular flexibility index (Phi) is 2.75. The Morgan fingerprint density at radius 2 is 1.69 bits per heavy atom.